The van der Waals surface area contributed by atoms with Gasteiger partial charge in [-0.3, -0.25) is 9.48 Å². The number of carbonyl (C=O) groups excluding carboxylic acids is 1. The zero-order valence-electron chi connectivity index (χ0n) is 10.1. The predicted octanol–water partition coefficient (Wildman–Crippen LogP) is 1.61. The van der Waals surface area contributed by atoms with Crippen LogP contribution >= 0.6 is 27.7 Å². The van der Waals surface area contributed by atoms with Crippen molar-refractivity contribution in [1.82, 2.24) is 9.78 Å². The highest BCUT2D eigenvalue weighted by Gasteiger charge is 2.28. The second-order valence-corrected chi connectivity index (χ2v) is 5.86. The van der Waals surface area contributed by atoms with E-state index in [1.54, 1.807) is 29.8 Å². The molecule has 100 valence electrons. The minimum Gasteiger partial charge on any atom is -0.383 e. The molecule has 0 bridgehead atoms. The van der Waals surface area contributed by atoms with E-state index in [2.05, 4.69) is 21.0 Å². The Morgan fingerprint density at radius 1 is 1.78 bits per heavy atom. The van der Waals surface area contributed by atoms with E-state index >= 15 is 0 Å². The second-order valence-electron chi connectivity index (χ2n) is 3.86. The summed E-state index contributed by atoms with van der Waals surface area (Å²) in [5, 5.41) is 4.18. The molecule has 5 nitrogen and oxygen atoms in total. The van der Waals surface area contributed by atoms with E-state index in [0.717, 1.165) is 5.75 Å². The van der Waals surface area contributed by atoms with Crippen LogP contribution in [0.2, 0.25) is 0 Å². The molecule has 0 saturated carbocycles. The number of carbonyl (C=O) groups is 1. The Morgan fingerprint density at radius 2 is 2.61 bits per heavy atom. The van der Waals surface area contributed by atoms with Crippen LogP contribution in [0.4, 0.5) is 0 Å². The van der Waals surface area contributed by atoms with Gasteiger partial charge >= 0.3 is 0 Å². The van der Waals surface area contributed by atoms with Crippen LogP contribution in [-0.2, 0) is 16.0 Å². The summed E-state index contributed by atoms with van der Waals surface area (Å²) in [5.74, 6) is 1.65. The van der Waals surface area contributed by atoms with Crippen LogP contribution in [0.15, 0.2) is 10.7 Å². The smallest absolute Gasteiger partial charge is 0.211 e. The van der Waals surface area contributed by atoms with E-state index in [1.807, 2.05) is 0 Å². The van der Waals surface area contributed by atoms with Gasteiger partial charge in [0, 0.05) is 18.6 Å². The molecule has 0 radical (unpaired) electrons. The Hall–Kier alpha value is -0.370. The van der Waals surface area contributed by atoms with Crippen molar-refractivity contribution >= 4 is 33.5 Å². The number of aromatic nitrogens is 2. The molecule has 2 heterocycles. The Balaban J connectivity index is 2.14. The standard InChI is InChI=1S/C11H15BrN2O3S/c1-16-3-2-14-10(8(12)6-13-14)11(15)9-7-18-5-4-17-9/h6,9H,2-5,7H2,1H3. The maximum absolute atomic E-state index is 12.4. The van der Waals surface area contributed by atoms with Crippen molar-refractivity contribution in [1.29, 1.82) is 0 Å². The average Bonchev–Trinajstić information content (AvgIpc) is 2.77. The van der Waals surface area contributed by atoms with E-state index in [9.17, 15) is 4.79 Å². The molecule has 0 aromatic carbocycles. The highest BCUT2D eigenvalue weighted by Crippen LogP contribution is 2.22. The maximum atomic E-state index is 12.4. The zero-order chi connectivity index (χ0) is 13.0. The number of ketones is 1. The third kappa shape index (κ3) is 3.14. The van der Waals surface area contributed by atoms with Crippen molar-refractivity contribution in [2.45, 2.75) is 12.6 Å². The molecule has 1 atom stereocenters. The fraction of sp³-hybridized carbons (Fsp3) is 0.636. The first kappa shape index (κ1) is 14.0. The van der Waals surface area contributed by atoms with Gasteiger partial charge in [0.25, 0.3) is 0 Å². The number of hydrogen-bond acceptors (Lipinski definition) is 5. The maximum Gasteiger partial charge on any atom is 0.211 e. The number of hydrogen-bond donors (Lipinski definition) is 0. The molecule has 1 aromatic heterocycles. The van der Waals surface area contributed by atoms with Crippen molar-refractivity contribution in [3.05, 3.63) is 16.4 Å². The van der Waals surface area contributed by atoms with Crippen molar-refractivity contribution in [2.75, 3.05) is 31.8 Å². The summed E-state index contributed by atoms with van der Waals surface area (Å²) in [6.07, 6.45) is 1.27. The van der Waals surface area contributed by atoms with Crippen LogP contribution in [0.25, 0.3) is 0 Å². The topological polar surface area (TPSA) is 53.4 Å². The van der Waals surface area contributed by atoms with Crippen LogP contribution in [-0.4, -0.2) is 53.5 Å². The van der Waals surface area contributed by atoms with Crippen molar-refractivity contribution in [2.24, 2.45) is 0 Å². The van der Waals surface area contributed by atoms with Gasteiger partial charge in [-0.2, -0.15) is 16.9 Å². The Labute approximate surface area is 118 Å². The summed E-state index contributed by atoms with van der Waals surface area (Å²) >= 11 is 5.11. The molecule has 1 aliphatic rings. The van der Waals surface area contributed by atoms with Gasteiger partial charge in [0.15, 0.2) is 0 Å². The number of rotatable bonds is 5. The number of ether oxygens (including phenoxy) is 2. The Bertz CT molecular complexity index is 418. The largest absolute Gasteiger partial charge is 0.383 e. The van der Waals surface area contributed by atoms with Gasteiger partial charge in [-0.1, -0.05) is 0 Å². The molecule has 1 aromatic rings. The van der Waals surface area contributed by atoms with Gasteiger partial charge in [-0.15, -0.1) is 0 Å². The molecule has 1 fully saturated rings. The summed E-state index contributed by atoms with van der Waals surface area (Å²) < 4.78 is 12.9. The SMILES string of the molecule is COCCn1ncc(Br)c1C(=O)C1CSCCO1. The molecular formula is C11H15BrN2O3S. The Morgan fingerprint density at radius 3 is 3.28 bits per heavy atom. The average molecular weight is 335 g/mol. The van der Waals surface area contributed by atoms with Gasteiger partial charge < -0.3 is 9.47 Å². The lowest BCUT2D eigenvalue weighted by Gasteiger charge is -2.21. The van der Waals surface area contributed by atoms with Gasteiger partial charge in [0.2, 0.25) is 5.78 Å². The lowest BCUT2D eigenvalue weighted by atomic mass is 10.2. The van der Waals surface area contributed by atoms with E-state index < -0.39 is 0 Å². The molecular weight excluding hydrogens is 320 g/mol. The number of halogens is 1. The summed E-state index contributed by atoms with van der Waals surface area (Å²) in [7, 11) is 1.63. The fourth-order valence-corrected chi connectivity index (χ4v) is 3.08. The summed E-state index contributed by atoms with van der Waals surface area (Å²) in [6.45, 7) is 1.71. The minimum absolute atomic E-state index is 0.0114. The molecule has 0 aliphatic carbocycles. The first-order valence-electron chi connectivity index (χ1n) is 5.68. The minimum atomic E-state index is -0.363. The van der Waals surface area contributed by atoms with Crippen molar-refractivity contribution in [3.63, 3.8) is 0 Å². The first-order valence-corrected chi connectivity index (χ1v) is 7.62. The second kappa shape index (κ2) is 6.70. The molecule has 0 spiro atoms. The number of nitrogens with zero attached hydrogens (tertiary/aromatic N) is 2. The fourth-order valence-electron chi connectivity index (χ4n) is 1.75. The lowest BCUT2D eigenvalue weighted by Crippen LogP contribution is -2.33. The summed E-state index contributed by atoms with van der Waals surface area (Å²) in [5.41, 5.74) is 0.569. The number of methoxy groups -OCH3 is 1. The lowest BCUT2D eigenvalue weighted by molar-refractivity contribution is 0.0506. The molecule has 1 saturated heterocycles. The number of thioether (sulfide) groups is 1. The molecule has 7 heteroatoms. The Kier molecular flexibility index (Phi) is 5.23. The van der Waals surface area contributed by atoms with Crippen LogP contribution in [0.3, 0.4) is 0 Å². The third-order valence-corrected chi connectivity index (χ3v) is 4.22. The van der Waals surface area contributed by atoms with Gasteiger partial charge in [0.1, 0.15) is 11.8 Å². The van der Waals surface area contributed by atoms with Crippen molar-refractivity contribution < 1.29 is 14.3 Å². The van der Waals surface area contributed by atoms with Gasteiger partial charge in [0.05, 0.1) is 30.4 Å². The van der Waals surface area contributed by atoms with Crippen LogP contribution in [0, 0.1) is 0 Å². The highest BCUT2D eigenvalue weighted by atomic mass is 79.9. The highest BCUT2D eigenvalue weighted by molar-refractivity contribution is 9.10. The molecule has 0 amide bonds. The van der Waals surface area contributed by atoms with E-state index in [4.69, 9.17) is 9.47 Å². The van der Waals surface area contributed by atoms with E-state index in [1.165, 1.54) is 0 Å². The van der Waals surface area contributed by atoms with Crippen LogP contribution < -0.4 is 0 Å². The molecule has 18 heavy (non-hydrogen) atoms. The number of Topliss-reactive ketones (excluding diaryl/α,β-unsaturated/α-hetero) is 1. The summed E-state index contributed by atoms with van der Waals surface area (Å²) in [6, 6.07) is 0. The first-order chi connectivity index (χ1) is 8.74. The van der Waals surface area contributed by atoms with Crippen LogP contribution in [0.1, 0.15) is 10.5 Å². The molecule has 0 N–H and O–H groups in total. The van der Waals surface area contributed by atoms with Gasteiger partial charge in [-0.25, -0.2) is 0 Å². The van der Waals surface area contributed by atoms with E-state index in [-0.39, 0.29) is 11.9 Å². The molecule has 1 aliphatic heterocycles. The predicted molar refractivity (Wildman–Crippen MR) is 73.2 cm³/mol. The molecule has 1 unspecified atom stereocenters. The monoisotopic (exact) mass is 334 g/mol. The van der Waals surface area contributed by atoms with E-state index in [0.29, 0.717) is 35.7 Å². The van der Waals surface area contributed by atoms with Crippen LogP contribution in [0.5, 0.6) is 0 Å². The van der Waals surface area contributed by atoms with Crippen molar-refractivity contribution in [3.8, 4) is 0 Å². The normalized spacial score (nSPS) is 20.0. The third-order valence-electron chi connectivity index (χ3n) is 2.64. The summed E-state index contributed by atoms with van der Waals surface area (Å²) in [4.78, 5) is 12.4. The molecule has 2 rings (SSSR count). The zero-order valence-corrected chi connectivity index (χ0v) is 12.5. The quantitative estimate of drug-likeness (QED) is 0.765. The van der Waals surface area contributed by atoms with Gasteiger partial charge in [-0.05, 0) is 15.9 Å².